The second-order valence-corrected chi connectivity index (χ2v) is 6.30. The summed E-state index contributed by atoms with van der Waals surface area (Å²) in [6.45, 7) is 4.64. The lowest BCUT2D eigenvalue weighted by Gasteiger charge is -2.35. The number of carbonyl (C=O) groups is 1. The molecule has 124 valence electrons. The molecule has 1 aliphatic rings. The molecule has 23 heavy (non-hydrogen) atoms. The summed E-state index contributed by atoms with van der Waals surface area (Å²) in [6.07, 6.45) is 5.54. The van der Waals surface area contributed by atoms with Gasteiger partial charge in [-0.15, -0.1) is 0 Å². The molecule has 1 aliphatic heterocycles. The molecule has 0 saturated carbocycles. The minimum atomic E-state index is -0.422. The molecule has 0 aliphatic carbocycles. The van der Waals surface area contributed by atoms with E-state index in [1.807, 2.05) is 35.9 Å². The summed E-state index contributed by atoms with van der Waals surface area (Å²) in [5, 5.41) is 6.35. The van der Waals surface area contributed by atoms with Gasteiger partial charge in [0.15, 0.2) is 0 Å². The van der Waals surface area contributed by atoms with Crippen LogP contribution in [0.5, 0.6) is 0 Å². The molecule has 0 unspecified atom stereocenters. The Kier molecular flexibility index (Phi) is 4.63. The van der Waals surface area contributed by atoms with Gasteiger partial charge in [-0.3, -0.25) is 4.79 Å². The van der Waals surface area contributed by atoms with E-state index >= 15 is 0 Å². The number of ether oxygens (including phenoxy) is 1. The fourth-order valence-electron chi connectivity index (χ4n) is 3.27. The van der Waals surface area contributed by atoms with Crippen LogP contribution >= 0.6 is 0 Å². The Balaban J connectivity index is 1.70. The molecule has 0 atom stereocenters. The van der Waals surface area contributed by atoms with E-state index in [2.05, 4.69) is 15.6 Å². The summed E-state index contributed by atoms with van der Waals surface area (Å²) in [6, 6.07) is 4.03. The van der Waals surface area contributed by atoms with Gasteiger partial charge < -0.3 is 19.8 Å². The highest BCUT2D eigenvalue weighted by atomic mass is 16.5. The van der Waals surface area contributed by atoms with Gasteiger partial charge in [-0.2, -0.15) is 0 Å². The van der Waals surface area contributed by atoms with Crippen molar-refractivity contribution in [2.75, 3.05) is 26.8 Å². The van der Waals surface area contributed by atoms with Gasteiger partial charge in [0.25, 0.3) is 0 Å². The van der Waals surface area contributed by atoms with E-state index in [4.69, 9.17) is 4.74 Å². The number of fused-ring (bicyclic) bond motifs is 1. The van der Waals surface area contributed by atoms with Crippen molar-refractivity contribution >= 4 is 11.6 Å². The summed E-state index contributed by atoms with van der Waals surface area (Å²) in [7, 11) is 1.65. The predicted octanol–water partition coefficient (Wildman–Crippen LogP) is 1.28. The summed E-state index contributed by atoms with van der Waals surface area (Å²) >= 11 is 0. The van der Waals surface area contributed by atoms with E-state index in [1.165, 1.54) is 0 Å². The normalized spacial score (nSPS) is 17.3. The molecule has 1 saturated heterocycles. The Hall–Kier alpha value is -1.92. The number of nitrogens with zero attached hydrogens (tertiary/aromatic N) is 2. The number of hydrogen-bond donors (Lipinski definition) is 2. The van der Waals surface area contributed by atoms with Gasteiger partial charge in [0, 0.05) is 19.5 Å². The van der Waals surface area contributed by atoms with Crippen molar-refractivity contribution in [1.29, 1.82) is 0 Å². The van der Waals surface area contributed by atoms with Gasteiger partial charge in [0.05, 0.1) is 24.3 Å². The molecule has 1 amide bonds. The lowest BCUT2D eigenvalue weighted by molar-refractivity contribution is -0.136. The molecular formula is C17H24N4O2. The van der Waals surface area contributed by atoms with E-state index < -0.39 is 5.41 Å². The first-order valence-corrected chi connectivity index (χ1v) is 8.06. The van der Waals surface area contributed by atoms with Gasteiger partial charge in [0.2, 0.25) is 5.91 Å². The van der Waals surface area contributed by atoms with Crippen LogP contribution in [0.1, 0.15) is 24.1 Å². The molecular weight excluding hydrogens is 292 g/mol. The van der Waals surface area contributed by atoms with Gasteiger partial charge in [-0.1, -0.05) is 6.07 Å². The molecule has 3 heterocycles. The maximum Gasteiger partial charge on any atom is 0.228 e. The molecule has 1 fully saturated rings. The first kappa shape index (κ1) is 16.0. The molecule has 2 N–H and O–H groups in total. The molecule has 0 spiro atoms. The first-order valence-electron chi connectivity index (χ1n) is 8.06. The number of aromatic nitrogens is 2. The maximum atomic E-state index is 12.7. The van der Waals surface area contributed by atoms with Crippen LogP contribution in [-0.4, -0.2) is 42.1 Å². The summed E-state index contributed by atoms with van der Waals surface area (Å²) < 4.78 is 7.31. The number of hydrogen-bond acceptors (Lipinski definition) is 4. The van der Waals surface area contributed by atoms with E-state index in [0.29, 0.717) is 13.2 Å². The third-order valence-electron chi connectivity index (χ3n) is 4.62. The number of nitrogens with one attached hydrogen (secondary N) is 2. The molecule has 6 nitrogen and oxygen atoms in total. The second kappa shape index (κ2) is 6.68. The lowest BCUT2D eigenvalue weighted by atomic mass is 9.78. The number of carbonyl (C=O) groups excluding carboxylic acids is 1. The number of imidazole rings is 1. The Morgan fingerprint density at radius 1 is 1.48 bits per heavy atom. The number of piperidine rings is 1. The molecule has 0 radical (unpaired) electrons. The third-order valence-corrected chi connectivity index (χ3v) is 4.62. The largest absolute Gasteiger partial charge is 0.384 e. The fourth-order valence-corrected chi connectivity index (χ4v) is 3.27. The van der Waals surface area contributed by atoms with Crippen LogP contribution in [0, 0.1) is 12.3 Å². The Labute approximate surface area is 136 Å². The number of aryl methyl sites for hydroxylation is 1. The van der Waals surface area contributed by atoms with Crippen LogP contribution in [-0.2, 0) is 16.1 Å². The van der Waals surface area contributed by atoms with Crippen molar-refractivity contribution in [2.45, 2.75) is 26.3 Å². The minimum absolute atomic E-state index is 0.0645. The summed E-state index contributed by atoms with van der Waals surface area (Å²) in [4.78, 5) is 17.3. The van der Waals surface area contributed by atoms with Crippen molar-refractivity contribution in [2.24, 2.45) is 5.41 Å². The first-order chi connectivity index (χ1) is 11.1. The second-order valence-electron chi connectivity index (χ2n) is 6.30. The highest BCUT2D eigenvalue weighted by Crippen LogP contribution is 2.29. The number of methoxy groups -OCH3 is 1. The van der Waals surface area contributed by atoms with Crippen molar-refractivity contribution < 1.29 is 9.53 Å². The highest BCUT2D eigenvalue weighted by Gasteiger charge is 2.39. The van der Waals surface area contributed by atoms with Crippen LogP contribution in [0.4, 0.5) is 0 Å². The van der Waals surface area contributed by atoms with Crippen molar-refractivity contribution in [3.05, 3.63) is 35.8 Å². The zero-order valence-electron chi connectivity index (χ0n) is 13.8. The smallest absolute Gasteiger partial charge is 0.228 e. The van der Waals surface area contributed by atoms with Crippen LogP contribution in [0.25, 0.3) is 5.65 Å². The van der Waals surface area contributed by atoms with Gasteiger partial charge in [-0.05, 0) is 44.5 Å². The predicted molar refractivity (Wildman–Crippen MR) is 88.2 cm³/mol. The summed E-state index contributed by atoms with van der Waals surface area (Å²) in [5.74, 6) is 0.0645. The zero-order valence-corrected chi connectivity index (χ0v) is 13.8. The number of rotatable bonds is 5. The average Bonchev–Trinajstić information content (AvgIpc) is 2.98. The van der Waals surface area contributed by atoms with Crippen molar-refractivity contribution in [1.82, 2.24) is 20.0 Å². The Morgan fingerprint density at radius 3 is 2.96 bits per heavy atom. The maximum absolute atomic E-state index is 12.7. The summed E-state index contributed by atoms with van der Waals surface area (Å²) in [5.41, 5.74) is 2.51. The third kappa shape index (κ3) is 3.23. The quantitative estimate of drug-likeness (QED) is 0.872. The number of amides is 1. The fraction of sp³-hybridized carbons (Fsp3) is 0.529. The average molecular weight is 316 g/mol. The molecule has 3 rings (SSSR count). The van der Waals surface area contributed by atoms with Crippen molar-refractivity contribution in [3.8, 4) is 0 Å². The Bertz CT molecular complexity index is 683. The Morgan fingerprint density at radius 2 is 2.26 bits per heavy atom. The van der Waals surface area contributed by atoms with Gasteiger partial charge in [-0.25, -0.2) is 4.98 Å². The van der Waals surface area contributed by atoms with E-state index in [-0.39, 0.29) is 5.91 Å². The lowest BCUT2D eigenvalue weighted by Crippen LogP contribution is -2.50. The molecule has 2 aromatic heterocycles. The molecule has 2 aromatic rings. The molecule has 0 bridgehead atoms. The molecule has 0 aromatic carbocycles. The zero-order chi connectivity index (χ0) is 16.3. The SMILES string of the molecule is COCC1(C(=O)NCc2cn3cccc(C)c3n2)CCNCC1. The van der Waals surface area contributed by atoms with Gasteiger partial charge >= 0.3 is 0 Å². The van der Waals surface area contributed by atoms with E-state index in [0.717, 1.165) is 42.8 Å². The van der Waals surface area contributed by atoms with Gasteiger partial charge in [0.1, 0.15) is 5.65 Å². The molecule has 6 heteroatoms. The van der Waals surface area contributed by atoms with Crippen LogP contribution in [0.3, 0.4) is 0 Å². The minimum Gasteiger partial charge on any atom is -0.384 e. The van der Waals surface area contributed by atoms with Crippen molar-refractivity contribution in [3.63, 3.8) is 0 Å². The standard InChI is InChI=1S/C17H24N4O2/c1-13-4-3-9-21-11-14(20-15(13)21)10-19-16(22)17(12-23-2)5-7-18-8-6-17/h3-4,9,11,18H,5-8,10,12H2,1-2H3,(H,19,22). The topological polar surface area (TPSA) is 67.7 Å². The van der Waals surface area contributed by atoms with E-state index in [9.17, 15) is 4.79 Å². The van der Waals surface area contributed by atoms with Crippen LogP contribution in [0.2, 0.25) is 0 Å². The van der Waals surface area contributed by atoms with Crippen LogP contribution in [0.15, 0.2) is 24.5 Å². The highest BCUT2D eigenvalue weighted by molar-refractivity contribution is 5.83. The van der Waals surface area contributed by atoms with E-state index in [1.54, 1.807) is 7.11 Å². The van der Waals surface area contributed by atoms with Crippen LogP contribution < -0.4 is 10.6 Å². The number of pyridine rings is 1. The monoisotopic (exact) mass is 316 g/mol.